The van der Waals surface area contributed by atoms with E-state index in [1.165, 1.54) is 0 Å². The van der Waals surface area contributed by atoms with Crippen LogP contribution in [0, 0.1) is 5.41 Å². The number of hydrogen-bond acceptors (Lipinski definition) is 9. The fraction of sp³-hybridized carbons (Fsp3) is 0.594. The lowest BCUT2D eigenvalue weighted by Gasteiger charge is -2.39. The molecule has 15 heteroatoms. The van der Waals surface area contributed by atoms with E-state index in [0.29, 0.717) is 18.4 Å². The highest BCUT2D eigenvalue weighted by Crippen LogP contribution is 2.65. The summed E-state index contributed by atoms with van der Waals surface area (Å²) >= 11 is 0. The molecular weight excluding hydrogens is 618 g/mol. The molecule has 0 saturated heterocycles. The third-order valence-corrected chi connectivity index (χ3v) is 9.40. The predicted molar refractivity (Wildman–Crippen MR) is 164 cm³/mol. The molecule has 47 heavy (non-hydrogen) atoms. The van der Waals surface area contributed by atoms with Gasteiger partial charge in [0.1, 0.15) is 23.7 Å². The summed E-state index contributed by atoms with van der Waals surface area (Å²) in [5.74, 6) is -7.22. The van der Waals surface area contributed by atoms with Gasteiger partial charge in [-0.15, -0.1) is 0 Å². The van der Waals surface area contributed by atoms with Crippen molar-refractivity contribution in [1.82, 2.24) is 16.0 Å². The Morgan fingerprint density at radius 2 is 1.30 bits per heavy atom. The molecule has 3 rings (SSSR count). The Morgan fingerprint density at radius 3 is 1.77 bits per heavy atom. The molecule has 0 heterocycles. The second kappa shape index (κ2) is 15.0. The van der Waals surface area contributed by atoms with E-state index in [1.807, 2.05) is 13.8 Å². The lowest BCUT2D eigenvalue weighted by atomic mass is 9.67. The van der Waals surface area contributed by atoms with E-state index in [1.54, 1.807) is 13.0 Å². The van der Waals surface area contributed by atoms with Crippen LogP contribution in [0.15, 0.2) is 33.9 Å². The van der Waals surface area contributed by atoms with Crippen LogP contribution in [0.2, 0.25) is 0 Å². The van der Waals surface area contributed by atoms with Crippen molar-refractivity contribution >= 4 is 41.5 Å². The molecule has 0 aromatic carbocycles. The molecule has 1 spiro atoms. The SMILES string of the molecule is CC1=C(CCCNC(CCC(=O)NC(CCC(=O)N[C@@H](CCC(=O)O)C(=O)O)C(=O)O)C(=O)O)C2=C(C)C3(CC3)[C@@](C)(O)C(=O)C2=C1. The average Bonchev–Trinajstić information content (AvgIpc) is 3.74. The van der Waals surface area contributed by atoms with Gasteiger partial charge in [0.25, 0.3) is 0 Å². The van der Waals surface area contributed by atoms with Crippen molar-refractivity contribution in [2.45, 2.75) is 109 Å². The van der Waals surface area contributed by atoms with Crippen LogP contribution in [0.25, 0.3) is 0 Å². The minimum absolute atomic E-state index is 0.151. The number of carboxylic acid groups (broad SMARTS) is 4. The van der Waals surface area contributed by atoms with Crippen molar-refractivity contribution in [2.75, 3.05) is 6.54 Å². The van der Waals surface area contributed by atoms with E-state index < -0.39 is 77.7 Å². The Kier molecular flexibility index (Phi) is 11.9. The Labute approximate surface area is 271 Å². The molecule has 3 aliphatic rings. The minimum Gasteiger partial charge on any atom is -0.481 e. The highest BCUT2D eigenvalue weighted by Gasteiger charge is 2.65. The number of carbonyl (C=O) groups excluding carboxylic acids is 3. The molecule has 8 N–H and O–H groups in total. The molecule has 4 atom stereocenters. The van der Waals surface area contributed by atoms with Crippen molar-refractivity contribution in [3.8, 4) is 0 Å². The topological polar surface area (TPSA) is 257 Å². The van der Waals surface area contributed by atoms with Crippen molar-refractivity contribution < 1.29 is 59.1 Å². The van der Waals surface area contributed by atoms with Crippen molar-refractivity contribution in [1.29, 1.82) is 0 Å². The second-order valence-electron chi connectivity index (χ2n) is 12.6. The lowest BCUT2D eigenvalue weighted by Crippen LogP contribution is -2.49. The van der Waals surface area contributed by atoms with E-state index in [2.05, 4.69) is 16.0 Å². The van der Waals surface area contributed by atoms with Crippen LogP contribution in [-0.4, -0.2) is 97.3 Å². The first-order valence-electron chi connectivity index (χ1n) is 15.6. The van der Waals surface area contributed by atoms with E-state index in [4.69, 9.17) is 10.2 Å². The molecule has 1 saturated carbocycles. The number of carbonyl (C=O) groups is 7. The number of amides is 2. The normalized spacial score (nSPS) is 21.4. The zero-order valence-electron chi connectivity index (χ0n) is 26.7. The van der Waals surface area contributed by atoms with Gasteiger partial charge in [-0.2, -0.15) is 0 Å². The quantitative estimate of drug-likeness (QED) is 0.0902. The van der Waals surface area contributed by atoms with Crippen molar-refractivity contribution in [3.05, 3.63) is 33.9 Å². The molecule has 2 amide bonds. The molecule has 0 aromatic rings. The Balaban J connectivity index is 1.47. The number of fused-ring (bicyclic) bond motifs is 1. The Morgan fingerprint density at radius 1 is 0.809 bits per heavy atom. The van der Waals surface area contributed by atoms with Gasteiger partial charge in [-0.3, -0.25) is 24.0 Å². The van der Waals surface area contributed by atoms with E-state index >= 15 is 0 Å². The van der Waals surface area contributed by atoms with Crippen LogP contribution in [0.4, 0.5) is 0 Å². The van der Waals surface area contributed by atoms with Crippen LogP contribution >= 0.6 is 0 Å². The molecule has 3 aliphatic carbocycles. The van der Waals surface area contributed by atoms with Gasteiger partial charge in [-0.1, -0.05) is 5.57 Å². The van der Waals surface area contributed by atoms with Crippen LogP contribution in [0.3, 0.4) is 0 Å². The third-order valence-electron chi connectivity index (χ3n) is 9.40. The molecular formula is C32H43N3O12. The average molecular weight is 662 g/mol. The number of aliphatic hydroxyl groups is 1. The summed E-state index contributed by atoms with van der Waals surface area (Å²) in [7, 11) is 0. The number of Topliss-reactive ketones (excluding diaryl/α,β-unsaturated/α-hetero) is 1. The van der Waals surface area contributed by atoms with Gasteiger partial charge in [-0.05, 0) is 95.1 Å². The Bertz CT molecular complexity index is 1440. The summed E-state index contributed by atoms with van der Waals surface area (Å²) in [5, 5.41) is 55.3. The molecule has 0 aliphatic heterocycles. The number of rotatable bonds is 19. The number of hydrogen-bond donors (Lipinski definition) is 8. The molecule has 0 radical (unpaired) electrons. The number of nitrogens with one attached hydrogen (secondary N) is 3. The first-order valence-corrected chi connectivity index (χ1v) is 15.6. The third kappa shape index (κ3) is 8.51. The molecule has 2 unspecified atom stereocenters. The number of carboxylic acids is 4. The van der Waals surface area contributed by atoms with Gasteiger partial charge >= 0.3 is 23.9 Å². The van der Waals surface area contributed by atoms with Crippen LogP contribution < -0.4 is 16.0 Å². The maximum Gasteiger partial charge on any atom is 0.326 e. The molecule has 0 aromatic heterocycles. The van der Waals surface area contributed by atoms with Gasteiger partial charge in [-0.25, -0.2) is 9.59 Å². The first-order chi connectivity index (χ1) is 21.9. The standard InChI is InChI=1S/C32H43N3O12/c1-16-15-19-26(17(2)32(12-13-32)31(3,47)27(19)40)18(16)5-4-14-33-20(28(41)42)6-9-23(36)34-21(29(43)44)7-10-24(37)35-22(30(45)46)8-11-25(38)39/h15,20-22,33,47H,4-14H2,1-3H3,(H,34,36)(H,35,37)(H,38,39)(H,41,42)(H,43,44)(H,45,46)/t20?,21?,22-,31-/m0/s1. The minimum atomic E-state index is -1.50. The van der Waals surface area contributed by atoms with Crippen molar-refractivity contribution in [2.24, 2.45) is 5.41 Å². The van der Waals surface area contributed by atoms with Crippen LogP contribution in [0.5, 0.6) is 0 Å². The summed E-state index contributed by atoms with van der Waals surface area (Å²) in [6.45, 7) is 5.73. The largest absolute Gasteiger partial charge is 0.481 e. The number of ketones is 1. The summed E-state index contributed by atoms with van der Waals surface area (Å²) in [4.78, 5) is 83.2. The number of allylic oxidation sites excluding steroid dienone is 4. The Hall–Kier alpha value is -4.37. The van der Waals surface area contributed by atoms with E-state index in [0.717, 1.165) is 35.1 Å². The van der Waals surface area contributed by atoms with Gasteiger partial charge < -0.3 is 41.5 Å². The first kappa shape index (κ1) is 37.1. The molecule has 15 nitrogen and oxygen atoms in total. The molecule has 1 fully saturated rings. The van der Waals surface area contributed by atoms with Crippen molar-refractivity contribution in [3.63, 3.8) is 0 Å². The monoisotopic (exact) mass is 661 g/mol. The van der Waals surface area contributed by atoms with Gasteiger partial charge in [0.2, 0.25) is 11.8 Å². The van der Waals surface area contributed by atoms with Crippen LogP contribution in [-0.2, 0) is 33.6 Å². The van der Waals surface area contributed by atoms with Gasteiger partial charge in [0.15, 0.2) is 5.78 Å². The maximum absolute atomic E-state index is 13.1. The zero-order valence-corrected chi connectivity index (χ0v) is 26.7. The van der Waals surface area contributed by atoms with Gasteiger partial charge in [0, 0.05) is 30.3 Å². The molecule has 0 bridgehead atoms. The predicted octanol–water partition coefficient (Wildman–Crippen LogP) is 1.06. The zero-order chi connectivity index (χ0) is 35.3. The second-order valence-corrected chi connectivity index (χ2v) is 12.6. The maximum atomic E-state index is 13.1. The highest BCUT2D eigenvalue weighted by atomic mass is 16.4. The van der Waals surface area contributed by atoms with E-state index in [9.17, 15) is 48.9 Å². The molecule has 258 valence electrons. The summed E-state index contributed by atoms with van der Waals surface area (Å²) in [5.41, 5.74) is 2.33. The lowest BCUT2D eigenvalue weighted by molar-refractivity contribution is -0.144. The van der Waals surface area contributed by atoms with Gasteiger partial charge in [0.05, 0.1) is 0 Å². The summed E-state index contributed by atoms with van der Waals surface area (Å²) in [6.07, 6.45) is 2.17. The fourth-order valence-corrected chi connectivity index (χ4v) is 6.46. The number of aliphatic carboxylic acids is 4. The summed E-state index contributed by atoms with van der Waals surface area (Å²) < 4.78 is 0. The smallest absolute Gasteiger partial charge is 0.326 e. The fourth-order valence-electron chi connectivity index (χ4n) is 6.46. The van der Waals surface area contributed by atoms with Crippen LogP contribution in [0.1, 0.15) is 85.0 Å². The summed E-state index contributed by atoms with van der Waals surface area (Å²) in [6, 6.07) is -4.09. The highest BCUT2D eigenvalue weighted by molar-refractivity contribution is 6.10. The van der Waals surface area contributed by atoms with E-state index in [-0.39, 0.29) is 38.0 Å².